The van der Waals surface area contributed by atoms with Crippen LogP contribution in [-0.2, 0) is 0 Å². The van der Waals surface area contributed by atoms with Crippen LogP contribution < -0.4 is 5.32 Å². The minimum absolute atomic E-state index is 0.291. The quantitative estimate of drug-likeness (QED) is 0.788. The Bertz CT molecular complexity index is 764. The molecule has 3 aromatic rings. The number of carbonyl (C=O) groups is 1. The summed E-state index contributed by atoms with van der Waals surface area (Å²) in [6.07, 6.45) is 3.39. The summed E-state index contributed by atoms with van der Waals surface area (Å²) >= 11 is 6.03. The van der Waals surface area contributed by atoms with Crippen molar-refractivity contribution in [3.05, 3.63) is 59.0 Å². The van der Waals surface area contributed by atoms with Crippen LogP contribution in [0.25, 0.3) is 5.65 Å². The Balaban J connectivity index is 1.91. The standard InChI is InChI=1S/C14H11ClN4O/c1-9-10(15)4-2-5-11(9)17-14(20)12-8-13-16-6-3-7-19(13)18-12/h2-8H,1H3,(H,17,20). The largest absolute Gasteiger partial charge is 0.320 e. The van der Waals surface area contributed by atoms with Gasteiger partial charge in [-0.15, -0.1) is 0 Å². The fourth-order valence-corrected chi connectivity index (χ4v) is 2.04. The molecule has 0 unspecified atom stereocenters. The number of rotatable bonds is 2. The summed E-state index contributed by atoms with van der Waals surface area (Å²) in [6.45, 7) is 1.85. The molecule has 2 aromatic heterocycles. The molecule has 1 amide bonds. The van der Waals surface area contributed by atoms with Crippen molar-refractivity contribution in [1.82, 2.24) is 14.6 Å². The lowest BCUT2D eigenvalue weighted by molar-refractivity contribution is 0.102. The van der Waals surface area contributed by atoms with Crippen LogP contribution in [0.3, 0.4) is 0 Å². The van der Waals surface area contributed by atoms with Crippen molar-refractivity contribution >= 4 is 28.8 Å². The third-order valence-corrected chi connectivity index (χ3v) is 3.39. The predicted molar refractivity (Wildman–Crippen MR) is 77.1 cm³/mol. The first kappa shape index (κ1) is 12.6. The number of aromatic nitrogens is 3. The number of nitrogens with one attached hydrogen (secondary N) is 1. The van der Waals surface area contributed by atoms with Crippen molar-refractivity contribution in [2.24, 2.45) is 0 Å². The third kappa shape index (κ3) is 2.23. The fraction of sp³-hybridized carbons (Fsp3) is 0.0714. The highest BCUT2D eigenvalue weighted by atomic mass is 35.5. The van der Waals surface area contributed by atoms with E-state index in [0.717, 1.165) is 5.56 Å². The van der Waals surface area contributed by atoms with Gasteiger partial charge in [0.15, 0.2) is 11.3 Å². The monoisotopic (exact) mass is 286 g/mol. The first-order valence-electron chi connectivity index (χ1n) is 6.02. The lowest BCUT2D eigenvalue weighted by Gasteiger charge is -2.07. The number of fused-ring (bicyclic) bond motifs is 1. The molecule has 100 valence electrons. The van der Waals surface area contributed by atoms with E-state index in [2.05, 4.69) is 15.4 Å². The molecule has 2 heterocycles. The van der Waals surface area contributed by atoms with Crippen molar-refractivity contribution < 1.29 is 4.79 Å². The number of nitrogens with zero attached hydrogens (tertiary/aromatic N) is 3. The number of carbonyl (C=O) groups excluding carboxylic acids is 1. The average Bonchev–Trinajstić information content (AvgIpc) is 2.88. The number of benzene rings is 1. The summed E-state index contributed by atoms with van der Waals surface area (Å²) in [6, 6.07) is 8.75. The number of hydrogen-bond acceptors (Lipinski definition) is 3. The van der Waals surface area contributed by atoms with E-state index >= 15 is 0 Å². The van der Waals surface area contributed by atoms with E-state index in [1.807, 2.05) is 6.92 Å². The van der Waals surface area contributed by atoms with Gasteiger partial charge in [0.25, 0.3) is 5.91 Å². The molecule has 1 N–H and O–H groups in total. The van der Waals surface area contributed by atoms with Gasteiger partial charge in [-0.05, 0) is 30.7 Å². The normalized spacial score (nSPS) is 10.7. The average molecular weight is 287 g/mol. The second kappa shape index (κ2) is 4.94. The summed E-state index contributed by atoms with van der Waals surface area (Å²) in [5.74, 6) is -0.291. The zero-order valence-corrected chi connectivity index (χ0v) is 11.4. The van der Waals surface area contributed by atoms with Crippen LogP contribution in [0.2, 0.25) is 5.02 Å². The van der Waals surface area contributed by atoms with Crippen molar-refractivity contribution in [2.75, 3.05) is 5.32 Å². The molecule has 0 fully saturated rings. The lowest BCUT2D eigenvalue weighted by atomic mass is 10.2. The maximum Gasteiger partial charge on any atom is 0.276 e. The van der Waals surface area contributed by atoms with Gasteiger partial charge < -0.3 is 5.32 Å². The van der Waals surface area contributed by atoms with Gasteiger partial charge >= 0.3 is 0 Å². The number of anilines is 1. The second-order valence-corrected chi connectivity index (χ2v) is 4.73. The van der Waals surface area contributed by atoms with Crippen molar-refractivity contribution in [2.45, 2.75) is 6.92 Å². The van der Waals surface area contributed by atoms with E-state index in [-0.39, 0.29) is 5.91 Å². The Labute approximate surface area is 120 Å². The van der Waals surface area contributed by atoms with E-state index in [1.54, 1.807) is 47.2 Å². The van der Waals surface area contributed by atoms with Crippen molar-refractivity contribution in [3.63, 3.8) is 0 Å². The van der Waals surface area contributed by atoms with Gasteiger partial charge in [0.2, 0.25) is 0 Å². The first-order chi connectivity index (χ1) is 9.65. The highest BCUT2D eigenvalue weighted by molar-refractivity contribution is 6.31. The topological polar surface area (TPSA) is 59.3 Å². The SMILES string of the molecule is Cc1c(Cl)cccc1NC(=O)c1cc2ncccn2n1. The molecule has 0 radical (unpaired) electrons. The molecule has 0 aliphatic heterocycles. The number of halogens is 1. The number of hydrogen-bond donors (Lipinski definition) is 1. The Kier molecular flexibility index (Phi) is 3.12. The molecule has 0 spiro atoms. The van der Waals surface area contributed by atoms with Crippen LogP contribution in [0.4, 0.5) is 5.69 Å². The van der Waals surface area contributed by atoms with Gasteiger partial charge in [-0.3, -0.25) is 4.79 Å². The van der Waals surface area contributed by atoms with Crippen LogP contribution in [0, 0.1) is 6.92 Å². The minimum atomic E-state index is -0.291. The van der Waals surface area contributed by atoms with Gasteiger partial charge in [0.1, 0.15) is 0 Å². The van der Waals surface area contributed by atoms with Gasteiger partial charge in [0, 0.05) is 29.2 Å². The molecule has 1 aromatic carbocycles. The molecular formula is C14H11ClN4O. The van der Waals surface area contributed by atoms with Crippen molar-refractivity contribution in [1.29, 1.82) is 0 Å². The molecule has 0 aliphatic rings. The molecule has 0 atom stereocenters. The zero-order valence-electron chi connectivity index (χ0n) is 10.7. The first-order valence-corrected chi connectivity index (χ1v) is 6.40. The molecule has 3 rings (SSSR count). The maximum absolute atomic E-state index is 12.2. The molecule has 0 bridgehead atoms. The van der Waals surface area contributed by atoms with Crippen LogP contribution >= 0.6 is 11.6 Å². The Hall–Kier alpha value is -2.40. The third-order valence-electron chi connectivity index (χ3n) is 2.98. The highest BCUT2D eigenvalue weighted by Gasteiger charge is 2.13. The van der Waals surface area contributed by atoms with E-state index < -0.39 is 0 Å². The smallest absolute Gasteiger partial charge is 0.276 e. The Morgan fingerprint density at radius 2 is 2.20 bits per heavy atom. The van der Waals surface area contributed by atoms with Crippen LogP contribution in [-0.4, -0.2) is 20.5 Å². The molecule has 0 saturated carbocycles. The molecule has 6 heteroatoms. The van der Waals surface area contributed by atoms with Crippen LogP contribution in [0.1, 0.15) is 16.1 Å². The molecule has 20 heavy (non-hydrogen) atoms. The van der Waals surface area contributed by atoms with E-state index in [9.17, 15) is 4.79 Å². The molecule has 5 nitrogen and oxygen atoms in total. The summed E-state index contributed by atoms with van der Waals surface area (Å²) in [5, 5.41) is 7.58. The van der Waals surface area contributed by atoms with E-state index in [1.165, 1.54) is 0 Å². The van der Waals surface area contributed by atoms with Gasteiger partial charge in [-0.25, -0.2) is 9.50 Å². The van der Waals surface area contributed by atoms with Crippen LogP contribution in [0.5, 0.6) is 0 Å². The summed E-state index contributed by atoms with van der Waals surface area (Å²) in [5.41, 5.74) is 2.43. The fourth-order valence-electron chi connectivity index (χ4n) is 1.87. The molecular weight excluding hydrogens is 276 g/mol. The minimum Gasteiger partial charge on any atom is -0.320 e. The van der Waals surface area contributed by atoms with E-state index in [4.69, 9.17) is 11.6 Å². The number of amides is 1. The summed E-state index contributed by atoms with van der Waals surface area (Å²) in [7, 11) is 0. The maximum atomic E-state index is 12.2. The van der Waals surface area contributed by atoms with Crippen molar-refractivity contribution in [3.8, 4) is 0 Å². The Morgan fingerprint density at radius 3 is 3.00 bits per heavy atom. The van der Waals surface area contributed by atoms with Crippen LogP contribution in [0.15, 0.2) is 42.7 Å². The predicted octanol–water partition coefficient (Wildman–Crippen LogP) is 2.94. The zero-order chi connectivity index (χ0) is 14.1. The van der Waals surface area contributed by atoms with Gasteiger partial charge in [0.05, 0.1) is 0 Å². The Morgan fingerprint density at radius 1 is 1.35 bits per heavy atom. The second-order valence-electron chi connectivity index (χ2n) is 4.32. The highest BCUT2D eigenvalue weighted by Crippen LogP contribution is 2.23. The lowest BCUT2D eigenvalue weighted by Crippen LogP contribution is -2.13. The molecule has 0 saturated heterocycles. The molecule has 0 aliphatic carbocycles. The summed E-state index contributed by atoms with van der Waals surface area (Å²) < 4.78 is 1.56. The van der Waals surface area contributed by atoms with Gasteiger partial charge in [-0.1, -0.05) is 17.7 Å². The van der Waals surface area contributed by atoms with E-state index in [0.29, 0.717) is 22.1 Å². The summed E-state index contributed by atoms with van der Waals surface area (Å²) in [4.78, 5) is 16.3. The van der Waals surface area contributed by atoms with Gasteiger partial charge in [-0.2, -0.15) is 5.10 Å².